The second-order valence-electron chi connectivity index (χ2n) is 5.27. The molecule has 1 fully saturated rings. The van der Waals surface area contributed by atoms with Gasteiger partial charge >= 0.3 is 0 Å². The van der Waals surface area contributed by atoms with Gasteiger partial charge in [-0.3, -0.25) is 0 Å². The Morgan fingerprint density at radius 1 is 1.21 bits per heavy atom. The van der Waals surface area contributed by atoms with Crippen molar-refractivity contribution in [3.8, 4) is 0 Å². The average Bonchev–Trinajstić information content (AvgIpc) is 2.52. The SMILES string of the molecule is CNCCN[Si](C)(C)C1CCCC1C. The summed E-state index contributed by atoms with van der Waals surface area (Å²) in [5.41, 5.74) is 0.999. The van der Waals surface area contributed by atoms with Crippen LogP contribution in [0.2, 0.25) is 18.6 Å². The van der Waals surface area contributed by atoms with Gasteiger partial charge in [-0.2, -0.15) is 0 Å². The van der Waals surface area contributed by atoms with Crippen molar-refractivity contribution in [1.82, 2.24) is 10.3 Å². The second kappa shape index (κ2) is 5.28. The maximum atomic E-state index is 3.81. The third-order valence-electron chi connectivity index (χ3n) is 3.74. The lowest BCUT2D eigenvalue weighted by atomic mass is 10.1. The summed E-state index contributed by atoms with van der Waals surface area (Å²) in [4.78, 5) is 3.81. The second-order valence-corrected chi connectivity index (χ2v) is 9.81. The average molecular weight is 214 g/mol. The molecule has 0 aromatic rings. The van der Waals surface area contributed by atoms with E-state index < -0.39 is 8.24 Å². The Morgan fingerprint density at radius 2 is 1.93 bits per heavy atom. The number of nitrogens with one attached hydrogen (secondary N) is 2. The minimum atomic E-state index is -1.16. The molecule has 0 heterocycles. The van der Waals surface area contributed by atoms with E-state index in [2.05, 4.69) is 30.3 Å². The van der Waals surface area contributed by atoms with E-state index >= 15 is 0 Å². The van der Waals surface area contributed by atoms with Gasteiger partial charge in [0.25, 0.3) is 0 Å². The molecule has 0 bridgehead atoms. The van der Waals surface area contributed by atoms with Gasteiger partial charge in [0.1, 0.15) is 8.24 Å². The first-order chi connectivity index (χ1) is 6.58. The maximum Gasteiger partial charge on any atom is 0.122 e. The van der Waals surface area contributed by atoms with Crippen molar-refractivity contribution in [3.63, 3.8) is 0 Å². The first-order valence-corrected chi connectivity index (χ1v) is 9.05. The molecule has 1 rings (SSSR count). The predicted molar refractivity (Wildman–Crippen MR) is 66.2 cm³/mol. The normalized spacial score (nSPS) is 28.3. The largest absolute Gasteiger partial charge is 0.336 e. The van der Waals surface area contributed by atoms with Crippen LogP contribution in [0, 0.1) is 5.92 Å². The highest BCUT2D eigenvalue weighted by molar-refractivity contribution is 6.76. The summed E-state index contributed by atoms with van der Waals surface area (Å²) >= 11 is 0. The molecule has 0 saturated heterocycles. The molecule has 2 N–H and O–H groups in total. The number of hydrogen-bond donors (Lipinski definition) is 2. The van der Waals surface area contributed by atoms with Crippen molar-refractivity contribution in [2.24, 2.45) is 5.92 Å². The van der Waals surface area contributed by atoms with Gasteiger partial charge in [0.15, 0.2) is 0 Å². The summed E-state index contributed by atoms with van der Waals surface area (Å²) in [5, 5.41) is 3.20. The highest BCUT2D eigenvalue weighted by Crippen LogP contribution is 2.41. The fourth-order valence-corrected chi connectivity index (χ4v) is 6.40. The molecular weight excluding hydrogens is 188 g/mol. The zero-order chi connectivity index (χ0) is 10.6. The van der Waals surface area contributed by atoms with Crippen LogP contribution in [0.5, 0.6) is 0 Å². The Balaban J connectivity index is 2.38. The van der Waals surface area contributed by atoms with Crippen LogP contribution in [-0.4, -0.2) is 28.4 Å². The van der Waals surface area contributed by atoms with Crippen LogP contribution in [0.3, 0.4) is 0 Å². The fourth-order valence-electron chi connectivity index (χ4n) is 2.86. The first-order valence-electron chi connectivity index (χ1n) is 5.97. The Kier molecular flexibility index (Phi) is 4.61. The van der Waals surface area contributed by atoms with Crippen molar-refractivity contribution in [2.75, 3.05) is 20.1 Å². The van der Waals surface area contributed by atoms with E-state index in [0.29, 0.717) is 0 Å². The number of rotatable bonds is 5. The molecule has 2 unspecified atom stereocenters. The minimum Gasteiger partial charge on any atom is -0.336 e. The van der Waals surface area contributed by atoms with Gasteiger partial charge in [0, 0.05) is 13.1 Å². The van der Waals surface area contributed by atoms with Gasteiger partial charge < -0.3 is 10.3 Å². The third kappa shape index (κ3) is 3.07. The highest BCUT2D eigenvalue weighted by atomic mass is 28.3. The molecule has 0 aromatic carbocycles. The lowest BCUT2D eigenvalue weighted by Gasteiger charge is -2.33. The van der Waals surface area contributed by atoms with E-state index in [-0.39, 0.29) is 0 Å². The molecule has 0 aromatic heterocycles. The van der Waals surface area contributed by atoms with Crippen LogP contribution >= 0.6 is 0 Å². The van der Waals surface area contributed by atoms with Crippen LogP contribution in [0.1, 0.15) is 26.2 Å². The van der Waals surface area contributed by atoms with Gasteiger partial charge in [0.2, 0.25) is 0 Å². The molecule has 1 aliphatic carbocycles. The van der Waals surface area contributed by atoms with Crippen molar-refractivity contribution in [2.45, 2.75) is 44.8 Å². The van der Waals surface area contributed by atoms with Crippen molar-refractivity contribution in [1.29, 1.82) is 0 Å². The van der Waals surface area contributed by atoms with Crippen LogP contribution < -0.4 is 10.3 Å². The molecule has 0 amide bonds. The minimum absolute atomic E-state index is 0.957. The lowest BCUT2D eigenvalue weighted by molar-refractivity contribution is 0.584. The molecule has 2 atom stereocenters. The van der Waals surface area contributed by atoms with E-state index in [9.17, 15) is 0 Å². The van der Waals surface area contributed by atoms with E-state index in [1.54, 1.807) is 0 Å². The van der Waals surface area contributed by atoms with Gasteiger partial charge in [-0.25, -0.2) is 0 Å². The molecule has 0 spiro atoms. The maximum absolute atomic E-state index is 3.81. The summed E-state index contributed by atoms with van der Waals surface area (Å²) in [5.74, 6) is 0.957. The fraction of sp³-hybridized carbons (Fsp3) is 1.00. The van der Waals surface area contributed by atoms with Crippen molar-refractivity contribution in [3.05, 3.63) is 0 Å². The van der Waals surface area contributed by atoms with Crippen LogP contribution in [0.15, 0.2) is 0 Å². The standard InChI is InChI=1S/C11H26N2Si/c1-10-6-5-7-11(10)14(3,4)13-9-8-12-2/h10-13H,5-9H2,1-4H3. The smallest absolute Gasteiger partial charge is 0.122 e. The Hall–Kier alpha value is 0.137. The van der Waals surface area contributed by atoms with Crippen LogP contribution in [0.25, 0.3) is 0 Å². The van der Waals surface area contributed by atoms with E-state index in [1.165, 1.54) is 19.3 Å². The molecule has 3 heteroatoms. The molecule has 0 radical (unpaired) electrons. The topological polar surface area (TPSA) is 24.1 Å². The first kappa shape index (κ1) is 12.2. The molecule has 2 nitrogen and oxygen atoms in total. The molecule has 0 aliphatic heterocycles. The molecule has 84 valence electrons. The van der Waals surface area contributed by atoms with Gasteiger partial charge in [-0.15, -0.1) is 0 Å². The summed E-state index contributed by atoms with van der Waals surface area (Å²) in [6, 6.07) is 0. The Bertz CT molecular complexity index is 171. The zero-order valence-electron chi connectivity index (χ0n) is 10.2. The van der Waals surface area contributed by atoms with E-state index in [0.717, 1.165) is 24.5 Å². The third-order valence-corrected chi connectivity index (χ3v) is 7.62. The molecular formula is C11H26N2Si. The van der Waals surface area contributed by atoms with E-state index in [4.69, 9.17) is 0 Å². The monoisotopic (exact) mass is 214 g/mol. The van der Waals surface area contributed by atoms with Gasteiger partial charge in [-0.05, 0) is 18.5 Å². The molecule has 14 heavy (non-hydrogen) atoms. The number of hydrogen-bond acceptors (Lipinski definition) is 2. The molecule has 1 aliphatic rings. The summed E-state index contributed by atoms with van der Waals surface area (Å²) in [6.45, 7) is 9.66. The summed E-state index contributed by atoms with van der Waals surface area (Å²) in [6.07, 6.45) is 4.37. The summed E-state index contributed by atoms with van der Waals surface area (Å²) in [7, 11) is 0.862. The van der Waals surface area contributed by atoms with Crippen molar-refractivity contribution >= 4 is 8.24 Å². The van der Waals surface area contributed by atoms with E-state index in [1.807, 2.05) is 7.05 Å². The van der Waals surface area contributed by atoms with Gasteiger partial charge in [0.05, 0.1) is 0 Å². The Morgan fingerprint density at radius 3 is 2.43 bits per heavy atom. The van der Waals surface area contributed by atoms with Crippen molar-refractivity contribution < 1.29 is 0 Å². The predicted octanol–water partition coefficient (Wildman–Crippen LogP) is 2.19. The zero-order valence-corrected chi connectivity index (χ0v) is 11.2. The Labute approximate surface area is 89.9 Å². The van der Waals surface area contributed by atoms with Crippen LogP contribution in [0.4, 0.5) is 0 Å². The quantitative estimate of drug-likeness (QED) is 0.541. The van der Waals surface area contributed by atoms with Gasteiger partial charge in [-0.1, -0.05) is 39.3 Å². The summed E-state index contributed by atoms with van der Waals surface area (Å²) < 4.78 is 0. The lowest BCUT2D eigenvalue weighted by Crippen LogP contribution is -2.51. The van der Waals surface area contributed by atoms with Crippen LogP contribution in [-0.2, 0) is 0 Å². The number of likely N-dealkylation sites (N-methyl/N-ethyl adjacent to an activating group) is 1. The highest BCUT2D eigenvalue weighted by Gasteiger charge is 2.37. The molecule has 1 saturated carbocycles.